The maximum atomic E-state index is 12.9. The molecule has 1 heterocycles. The molecule has 1 aliphatic heterocycles. The number of halogens is 3. The minimum Gasteiger partial charge on any atom is -0.388 e. The van der Waals surface area contributed by atoms with E-state index in [1.54, 1.807) is 6.92 Å². The van der Waals surface area contributed by atoms with Gasteiger partial charge in [0.2, 0.25) is 0 Å². The molecular weight excluding hydrogens is 287 g/mol. The number of aliphatic hydroxyl groups excluding tert-OH is 1. The van der Waals surface area contributed by atoms with Crippen LogP contribution in [0.3, 0.4) is 0 Å². The average molecular weight is 303 g/mol. The molecule has 4 nitrogen and oxygen atoms in total. The fourth-order valence-electron chi connectivity index (χ4n) is 2.39. The molecular formula is C14H16F3NO3. The highest BCUT2D eigenvalue weighted by Gasteiger charge is 2.39. The van der Waals surface area contributed by atoms with E-state index in [1.165, 1.54) is 17.0 Å². The van der Waals surface area contributed by atoms with Gasteiger partial charge < -0.3 is 14.7 Å². The van der Waals surface area contributed by atoms with Crippen molar-refractivity contribution in [1.82, 2.24) is 4.90 Å². The second-order valence-electron chi connectivity index (χ2n) is 4.81. The fraction of sp³-hybridized carbons (Fsp3) is 0.500. The number of hydrogen-bond acceptors (Lipinski definition) is 3. The number of amides is 1. The van der Waals surface area contributed by atoms with Gasteiger partial charge in [-0.1, -0.05) is 12.1 Å². The van der Waals surface area contributed by atoms with Gasteiger partial charge in [0.1, 0.15) is 6.10 Å². The van der Waals surface area contributed by atoms with E-state index in [1.807, 2.05) is 0 Å². The van der Waals surface area contributed by atoms with E-state index >= 15 is 0 Å². The van der Waals surface area contributed by atoms with E-state index < -0.39 is 35.4 Å². The molecule has 0 aliphatic carbocycles. The van der Waals surface area contributed by atoms with Crippen LogP contribution >= 0.6 is 0 Å². The molecule has 2 rings (SSSR count). The number of carbonyl (C=O) groups is 1. The summed E-state index contributed by atoms with van der Waals surface area (Å²) in [5.74, 6) is -0.746. The minimum absolute atomic E-state index is 0.0321. The molecule has 0 saturated carbocycles. The molecule has 0 bridgehead atoms. The summed E-state index contributed by atoms with van der Waals surface area (Å²) >= 11 is 0. The number of likely N-dealkylation sites (tertiary alicyclic amines) is 1. The lowest BCUT2D eigenvalue weighted by molar-refractivity contribution is -0.138. The van der Waals surface area contributed by atoms with Gasteiger partial charge >= 0.3 is 6.18 Å². The normalized spacial score (nSPS) is 22.6. The van der Waals surface area contributed by atoms with Crippen LogP contribution in [0.4, 0.5) is 13.2 Å². The summed E-state index contributed by atoms with van der Waals surface area (Å²) < 4.78 is 44.0. The van der Waals surface area contributed by atoms with Crippen LogP contribution in [0.15, 0.2) is 24.3 Å². The van der Waals surface area contributed by atoms with Gasteiger partial charge in [0, 0.05) is 19.7 Å². The number of rotatable bonds is 3. The molecule has 1 amide bonds. The van der Waals surface area contributed by atoms with Crippen molar-refractivity contribution in [2.75, 3.05) is 19.7 Å². The lowest BCUT2D eigenvalue weighted by Crippen LogP contribution is -2.31. The van der Waals surface area contributed by atoms with Gasteiger partial charge in [-0.3, -0.25) is 4.79 Å². The summed E-state index contributed by atoms with van der Waals surface area (Å²) in [7, 11) is 0. The van der Waals surface area contributed by atoms with Crippen molar-refractivity contribution in [3.8, 4) is 0 Å². The smallest absolute Gasteiger partial charge is 0.388 e. The van der Waals surface area contributed by atoms with E-state index in [-0.39, 0.29) is 13.1 Å². The predicted octanol–water partition coefficient (Wildman–Crippen LogP) is 1.93. The van der Waals surface area contributed by atoms with Gasteiger partial charge in [0.25, 0.3) is 5.91 Å². The molecule has 1 fully saturated rings. The van der Waals surface area contributed by atoms with Gasteiger partial charge in [-0.25, -0.2) is 0 Å². The van der Waals surface area contributed by atoms with Crippen LogP contribution in [-0.2, 0) is 10.9 Å². The number of β-amino-alcohol motifs (C(OH)–C–C–N with tert-alkyl or cyclic N) is 1. The highest BCUT2D eigenvalue weighted by Crippen LogP contribution is 2.32. The Kier molecular flexibility index (Phi) is 4.53. The molecule has 0 aromatic heterocycles. The first-order valence-corrected chi connectivity index (χ1v) is 6.59. The molecule has 2 unspecified atom stereocenters. The van der Waals surface area contributed by atoms with Gasteiger partial charge in [0.15, 0.2) is 0 Å². The minimum atomic E-state index is -4.59. The molecule has 1 aromatic rings. The summed E-state index contributed by atoms with van der Waals surface area (Å²) in [6.07, 6.45) is -6.03. The quantitative estimate of drug-likeness (QED) is 0.928. The lowest BCUT2D eigenvalue weighted by atomic mass is 10.1. The van der Waals surface area contributed by atoms with E-state index in [4.69, 9.17) is 4.74 Å². The number of nitrogens with zero attached hydrogens (tertiary/aromatic N) is 1. The van der Waals surface area contributed by atoms with Crippen molar-refractivity contribution in [1.29, 1.82) is 0 Å². The predicted molar refractivity (Wildman–Crippen MR) is 68.8 cm³/mol. The van der Waals surface area contributed by atoms with Crippen LogP contribution in [0.2, 0.25) is 0 Å². The third kappa shape index (κ3) is 3.36. The fourth-order valence-corrected chi connectivity index (χ4v) is 2.39. The number of aliphatic hydroxyl groups is 1. The van der Waals surface area contributed by atoms with Crippen molar-refractivity contribution in [3.63, 3.8) is 0 Å². The van der Waals surface area contributed by atoms with E-state index in [0.717, 1.165) is 12.1 Å². The van der Waals surface area contributed by atoms with Crippen LogP contribution < -0.4 is 0 Å². The summed E-state index contributed by atoms with van der Waals surface area (Å²) in [6, 6.07) is 4.64. The third-order valence-electron chi connectivity index (χ3n) is 3.37. The van der Waals surface area contributed by atoms with E-state index in [0.29, 0.717) is 6.61 Å². The van der Waals surface area contributed by atoms with Crippen molar-refractivity contribution < 1.29 is 27.8 Å². The summed E-state index contributed by atoms with van der Waals surface area (Å²) in [4.78, 5) is 13.5. The number of alkyl halides is 3. The Bertz CT molecular complexity index is 518. The van der Waals surface area contributed by atoms with Gasteiger partial charge in [0.05, 0.1) is 17.2 Å². The molecule has 21 heavy (non-hydrogen) atoms. The molecule has 0 radical (unpaired) electrons. The van der Waals surface area contributed by atoms with E-state index in [2.05, 4.69) is 0 Å². The second-order valence-corrected chi connectivity index (χ2v) is 4.81. The Balaban J connectivity index is 2.22. The number of carbonyl (C=O) groups excluding carboxylic acids is 1. The molecule has 1 aromatic carbocycles. The summed E-state index contributed by atoms with van der Waals surface area (Å²) in [5.41, 5.74) is -1.38. The molecule has 0 spiro atoms. The Hall–Kier alpha value is -1.60. The van der Waals surface area contributed by atoms with Gasteiger partial charge in [-0.15, -0.1) is 0 Å². The Morgan fingerprint density at radius 1 is 1.38 bits per heavy atom. The summed E-state index contributed by atoms with van der Waals surface area (Å²) in [5, 5.41) is 9.77. The highest BCUT2D eigenvalue weighted by atomic mass is 19.4. The number of benzene rings is 1. The SMILES string of the molecule is CCOC1CN(C(=O)c2ccccc2C(F)(F)F)CC1O. The van der Waals surface area contributed by atoms with Gasteiger partial charge in [-0.2, -0.15) is 13.2 Å². The topological polar surface area (TPSA) is 49.8 Å². The largest absolute Gasteiger partial charge is 0.417 e. The van der Waals surface area contributed by atoms with Crippen molar-refractivity contribution in [2.45, 2.75) is 25.3 Å². The molecule has 2 atom stereocenters. The molecule has 7 heteroatoms. The molecule has 116 valence electrons. The monoisotopic (exact) mass is 303 g/mol. The van der Waals surface area contributed by atoms with Crippen molar-refractivity contribution in [2.24, 2.45) is 0 Å². The average Bonchev–Trinajstić information content (AvgIpc) is 2.79. The van der Waals surface area contributed by atoms with Crippen molar-refractivity contribution >= 4 is 5.91 Å². The summed E-state index contributed by atoms with van der Waals surface area (Å²) in [6.45, 7) is 2.16. The highest BCUT2D eigenvalue weighted by molar-refractivity contribution is 5.96. The van der Waals surface area contributed by atoms with Crippen LogP contribution in [0, 0.1) is 0 Å². The van der Waals surface area contributed by atoms with Crippen LogP contribution in [-0.4, -0.2) is 47.8 Å². The Morgan fingerprint density at radius 2 is 2.05 bits per heavy atom. The first kappa shape index (κ1) is 15.8. The Labute approximate surface area is 120 Å². The standard InChI is InChI=1S/C14H16F3NO3/c1-2-21-12-8-18(7-11(12)19)13(20)9-5-3-4-6-10(9)14(15,16)17/h3-6,11-12,19H,2,7-8H2,1H3. The third-order valence-corrected chi connectivity index (χ3v) is 3.37. The van der Waals surface area contributed by atoms with Crippen LogP contribution in [0.25, 0.3) is 0 Å². The van der Waals surface area contributed by atoms with Gasteiger partial charge in [-0.05, 0) is 19.1 Å². The zero-order valence-corrected chi connectivity index (χ0v) is 11.4. The zero-order chi connectivity index (χ0) is 15.6. The Morgan fingerprint density at radius 3 is 2.67 bits per heavy atom. The molecule has 1 N–H and O–H groups in total. The lowest BCUT2D eigenvalue weighted by Gasteiger charge is -2.19. The first-order valence-electron chi connectivity index (χ1n) is 6.59. The maximum Gasteiger partial charge on any atom is 0.417 e. The van der Waals surface area contributed by atoms with Crippen molar-refractivity contribution in [3.05, 3.63) is 35.4 Å². The zero-order valence-electron chi connectivity index (χ0n) is 11.4. The molecule has 1 aliphatic rings. The van der Waals surface area contributed by atoms with E-state index in [9.17, 15) is 23.1 Å². The van der Waals surface area contributed by atoms with Crippen LogP contribution in [0.5, 0.6) is 0 Å². The van der Waals surface area contributed by atoms with Crippen LogP contribution in [0.1, 0.15) is 22.8 Å². The number of ether oxygens (including phenoxy) is 1. The second kappa shape index (κ2) is 6.03. The number of hydrogen-bond donors (Lipinski definition) is 1. The first-order chi connectivity index (χ1) is 9.84. The molecule has 1 saturated heterocycles. The maximum absolute atomic E-state index is 12.9.